The Hall–Kier alpha value is -3.68. The van der Waals surface area contributed by atoms with E-state index in [1.807, 2.05) is 0 Å². The molecule has 0 radical (unpaired) electrons. The van der Waals surface area contributed by atoms with Crippen molar-refractivity contribution < 1.29 is 23.1 Å². The minimum absolute atomic E-state index is 0.0496. The molecule has 34 heavy (non-hydrogen) atoms. The Kier molecular flexibility index (Phi) is 6.41. The molecule has 0 fully saturated rings. The molecule has 3 aromatic rings. The van der Waals surface area contributed by atoms with E-state index in [1.54, 1.807) is 0 Å². The van der Waals surface area contributed by atoms with Crippen molar-refractivity contribution in [3.8, 4) is 6.07 Å². The third-order valence-corrected chi connectivity index (χ3v) is 8.16. The van der Waals surface area contributed by atoms with Crippen molar-refractivity contribution in [2.24, 2.45) is 5.92 Å². The molecule has 0 spiro atoms. The normalized spacial score (nSPS) is 15.1. The molecule has 4 rings (SSSR count). The highest BCUT2D eigenvalue weighted by atomic mass is 32.2. The third-order valence-electron chi connectivity index (χ3n) is 5.61. The topological polar surface area (TPSA) is 139 Å². The summed E-state index contributed by atoms with van der Waals surface area (Å²) in [6, 6.07) is 12.9. The maximum absolute atomic E-state index is 12.9. The van der Waals surface area contributed by atoms with Gasteiger partial charge in [0.15, 0.2) is 0 Å². The SMILES string of the molecule is CC1CCc2c(sc(NC(=O)c3cccc(S(=O)(=O)Nc4cccc(C(=O)[O-])c4)c3)c2C#N)C1. The van der Waals surface area contributed by atoms with Crippen LogP contribution in [0.4, 0.5) is 10.7 Å². The fourth-order valence-corrected chi connectivity index (χ4v) is 6.31. The van der Waals surface area contributed by atoms with Crippen molar-refractivity contribution >= 4 is 43.9 Å². The van der Waals surface area contributed by atoms with E-state index in [0.29, 0.717) is 16.5 Å². The first-order valence-corrected chi connectivity index (χ1v) is 12.8. The number of carbonyl (C=O) groups is 2. The van der Waals surface area contributed by atoms with E-state index in [-0.39, 0.29) is 21.7 Å². The van der Waals surface area contributed by atoms with Gasteiger partial charge in [-0.3, -0.25) is 9.52 Å². The van der Waals surface area contributed by atoms with Crippen LogP contribution in [0.1, 0.15) is 50.1 Å². The van der Waals surface area contributed by atoms with Crippen molar-refractivity contribution in [2.75, 3.05) is 10.0 Å². The largest absolute Gasteiger partial charge is 0.545 e. The number of nitrogens with one attached hydrogen (secondary N) is 2. The number of carboxylic acids is 1. The van der Waals surface area contributed by atoms with Crippen LogP contribution < -0.4 is 15.1 Å². The lowest BCUT2D eigenvalue weighted by Gasteiger charge is -2.17. The van der Waals surface area contributed by atoms with Crippen LogP contribution in [-0.2, 0) is 22.9 Å². The molecule has 0 bridgehead atoms. The van der Waals surface area contributed by atoms with Crippen LogP contribution in [0.2, 0.25) is 0 Å². The van der Waals surface area contributed by atoms with Crippen LogP contribution in [0, 0.1) is 17.2 Å². The number of fused-ring (bicyclic) bond motifs is 1. The Morgan fingerprint density at radius 3 is 2.62 bits per heavy atom. The summed E-state index contributed by atoms with van der Waals surface area (Å²) in [4.78, 5) is 24.9. The average Bonchev–Trinajstić information content (AvgIpc) is 3.14. The molecule has 10 heteroatoms. The molecule has 0 saturated heterocycles. The lowest BCUT2D eigenvalue weighted by Crippen LogP contribution is -2.22. The highest BCUT2D eigenvalue weighted by Gasteiger charge is 2.25. The molecule has 2 N–H and O–H groups in total. The van der Waals surface area contributed by atoms with Gasteiger partial charge < -0.3 is 15.2 Å². The smallest absolute Gasteiger partial charge is 0.261 e. The van der Waals surface area contributed by atoms with Crippen molar-refractivity contribution in [1.82, 2.24) is 0 Å². The first-order valence-electron chi connectivity index (χ1n) is 10.5. The number of benzene rings is 2. The predicted octanol–water partition coefficient (Wildman–Crippen LogP) is 3.16. The molecule has 1 amide bonds. The van der Waals surface area contributed by atoms with E-state index >= 15 is 0 Å². The lowest BCUT2D eigenvalue weighted by atomic mass is 9.88. The number of hydrogen-bond acceptors (Lipinski definition) is 7. The van der Waals surface area contributed by atoms with Gasteiger partial charge in [0.1, 0.15) is 11.1 Å². The maximum Gasteiger partial charge on any atom is 0.261 e. The van der Waals surface area contributed by atoms with Gasteiger partial charge in [-0.2, -0.15) is 5.26 Å². The van der Waals surface area contributed by atoms with Gasteiger partial charge in [-0.05, 0) is 66.6 Å². The van der Waals surface area contributed by atoms with Crippen LogP contribution in [0.15, 0.2) is 53.4 Å². The monoisotopic (exact) mass is 494 g/mol. The van der Waals surface area contributed by atoms with E-state index in [2.05, 4.69) is 23.0 Å². The summed E-state index contributed by atoms with van der Waals surface area (Å²) in [5.74, 6) is -1.44. The molecule has 1 unspecified atom stereocenters. The second-order valence-electron chi connectivity index (χ2n) is 8.12. The molecule has 1 aliphatic carbocycles. The first kappa shape index (κ1) is 23.5. The van der Waals surface area contributed by atoms with Gasteiger partial charge in [-0.1, -0.05) is 25.1 Å². The zero-order valence-electron chi connectivity index (χ0n) is 18.1. The zero-order chi connectivity index (χ0) is 24.5. The molecule has 1 atom stereocenters. The van der Waals surface area contributed by atoms with E-state index in [4.69, 9.17) is 0 Å². The predicted molar refractivity (Wildman–Crippen MR) is 126 cm³/mol. The molecular weight excluding hydrogens is 474 g/mol. The summed E-state index contributed by atoms with van der Waals surface area (Å²) < 4.78 is 28.0. The van der Waals surface area contributed by atoms with Crippen LogP contribution in [0.5, 0.6) is 0 Å². The van der Waals surface area contributed by atoms with Gasteiger partial charge >= 0.3 is 0 Å². The van der Waals surface area contributed by atoms with E-state index in [9.17, 15) is 28.4 Å². The van der Waals surface area contributed by atoms with Gasteiger partial charge in [0.25, 0.3) is 15.9 Å². The van der Waals surface area contributed by atoms with E-state index in [1.165, 1.54) is 53.8 Å². The molecule has 1 heterocycles. The van der Waals surface area contributed by atoms with E-state index in [0.717, 1.165) is 35.8 Å². The van der Waals surface area contributed by atoms with Crippen LogP contribution in [-0.4, -0.2) is 20.3 Å². The molecule has 174 valence electrons. The third kappa shape index (κ3) is 4.81. The highest BCUT2D eigenvalue weighted by molar-refractivity contribution is 7.92. The summed E-state index contributed by atoms with van der Waals surface area (Å²) in [6.45, 7) is 2.15. The second-order valence-corrected chi connectivity index (χ2v) is 10.9. The highest BCUT2D eigenvalue weighted by Crippen LogP contribution is 2.39. The molecule has 1 aromatic heterocycles. The van der Waals surface area contributed by atoms with Crippen LogP contribution in [0.25, 0.3) is 0 Å². The number of nitriles is 1. The van der Waals surface area contributed by atoms with Gasteiger partial charge in [0.2, 0.25) is 0 Å². The van der Waals surface area contributed by atoms with Crippen LogP contribution in [0.3, 0.4) is 0 Å². The molecule has 0 aliphatic heterocycles. The van der Waals surface area contributed by atoms with E-state index < -0.39 is 21.9 Å². The molecular formula is C24H20N3O5S2-. The second kappa shape index (κ2) is 9.29. The summed E-state index contributed by atoms with van der Waals surface area (Å²) in [5.41, 5.74) is 1.44. The summed E-state index contributed by atoms with van der Waals surface area (Å²) in [6.07, 6.45) is 2.65. The number of anilines is 2. The van der Waals surface area contributed by atoms with Crippen LogP contribution >= 0.6 is 11.3 Å². The Balaban J connectivity index is 1.57. The molecule has 8 nitrogen and oxygen atoms in total. The quantitative estimate of drug-likeness (QED) is 0.540. The number of hydrogen-bond donors (Lipinski definition) is 2. The number of amides is 1. The number of carboxylic acid groups (broad SMARTS) is 1. The maximum atomic E-state index is 12.9. The van der Waals surface area contributed by atoms with Crippen molar-refractivity contribution in [3.63, 3.8) is 0 Å². The first-order chi connectivity index (χ1) is 16.2. The number of rotatable bonds is 6. The number of nitrogens with zero attached hydrogens (tertiary/aromatic N) is 1. The Morgan fingerprint density at radius 1 is 1.15 bits per heavy atom. The minimum atomic E-state index is -4.10. The minimum Gasteiger partial charge on any atom is -0.545 e. The van der Waals surface area contributed by atoms with Crippen molar-refractivity contribution in [3.05, 3.63) is 75.7 Å². The average molecular weight is 495 g/mol. The molecule has 2 aromatic carbocycles. The Bertz CT molecular complexity index is 1440. The summed E-state index contributed by atoms with van der Waals surface area (Å²) >= 11 is 1.39. The molecule has 0 saturated carbocycles. The number of aromatic carboxylic acids is 1. The standard InChI is InChI=1S/C24H21N3O5S2/c1-14-8-9-19-20(13-25)23(33-21(19)10-14)26-22(28)15-4-3-7-18(12-15)34(31,32)27-17-6-2-5-16(11-17)24(29)30/h2-7,11-12,14,27H,8-10H2,1H3,(H,26,28)(H,29,30)/p-1. The van der Waals surface area contributed by atoms with Crippen molar-refractivity contribution in [2.45, 2.75) is 31.1 Å². The number of sulfonamides is 1. The van der Waals surface area contributed by atoms with Gasteiger partial charge in [-0.15, -0.1) is 11.3 Å². The Labute approximate surface area is 200 Å². The van der Waals surface area contributed by atoms with Gasteiger partial charge in [-0.25, -0.2) is 8.42 Å². The molecule has 1 aliphatic rings. The van der Waals surface area contributed by atoms with Gasteiger partial charge in [0, 0.05) is 16.1 Å². The lowest BCUT2D eigenvalue weighted by molar-refractivity contribution is -0.255. The van der Waals surface area contributed by atoms with Crippen molar-refractivity contribution in [1.29, 1.82) is 5.26 Å². The summed E-state index contributed by atoms with van der Waals surface area (Å²) in [7, 11) is -4.10. The fourth-order valence-electron chi connectivity index (χ4n) is 3.86. The number of thiophene rings is 1. The van der Waals surface area contributed by atoms with Gasteiger partial charge in [0.05, 0.1) is 16.4 Å². The Morgan fingerprint density at radius 2 is 1.88 bits per heavy atom. The summed E-state index contributed by atoms with van der Waals surface area (Å²) in [5, 5.41) is 23.9. The zero-order valence-corrected chi connectivity index (χ0v) is 19.8. The number of carbonyl (C=O) groups excluding carboxylic acids is 2. The fraction of sp³-hybridized carbons (Fsp3) is 0.208.